The topological polar surface area (TPSA) is 72.4 Å². The minimum atomic E-state index is 0.113. The van der Waals surface area contributed by atoms with Gasteiger partial charge in [-0.05, 0) is 20.3 Å². The summed E-state index contributed by atoms with van der Waals surface area (Å²) in [6.45, 7) is 5.12. The Labute approximate surface area is 94.6 Å². The van der Waals surface area contributed by atoms with Gasteiger partial charge in [0.05, 0.1) is 12.1 Å². The molecule has 1 fully saturated rings. The van der Waals surface area contributed by atoms with Crippen LogP contribution in [-0.4, -0.2) is 35.1 Å². The molecule has 1 aromatic heterocycles. The number of nitrogens with two attached hydrogens (primary N) is 1. The first kappa shape index (κ1) is 11.1. The van der Waals surface area contributed by atoms with Gasteiger partial charge in [0.25, 0.3) is 0 Å². The summed E-state index contributed by atoms with van der Waals surface area (Å²) in [4.78, 5) is 13.8. The van der Waals surface area contributed by atoms with E-state index in [2.05, 4.69) is 5.16 Å². The predicted molar refractivity (Wildman–Crippen MR) is 58.9 cm³/mol. The molecule has 16 heavy (non-hydrogen) atoms. The molecule has 2 N–H and O–H groups in total. The first-order valence-corrected chi connectivity index (χ1v) is 5.53. The van der Waals surface area contributed by atoms with Crippen molar-refractivity contribution in [3.63, 3.8) is 0 Å². The van der Waals surface area contributed by atoms with Gasteiger partial charge in [0.1, 0.15) is 5.76 Å². The second-order valence-corrected chi connectivity index (χ2v) is 4.37. The molecule has 1 amide bonds. The van der Waals surface area contributed by atoms with Crippen molar-refractivity contribution < 1.29 is 9.32 Å². The molecule has 1 aromatic rings. The first-order chi connectivity index (χ1) is 7.58. The van der Waals surface area contributed by atoms with Crippen LogP contribution >= 0.6 is 0 Å². The molecule has 1 saturated heterocycles. The molecule has 2 rings (SSSR count). The maximum absolute atomic E-state index is 12.0. The summed E-state index contributed by atoms with van der Waals surface area (Å²) in [5, 5.41) is 3.84. The Bertz CT molecular complexity index is 380. The molecule has 5 nitrogen and oxygen atoms in total. The quantitative estimate of drug-likeness (QED) is 0.787. The van der Waals surface area contributed by atoms with Gasteiger partial charge in [-0.1, -0.05) is 5.16 Å². The molecule has 5 heteroatoms. The van der Waals surface area contributed by atoms with E-state index in [4.69, 9.17) is 10.3 Å². The van der Waals surface area contributed by atoms with Crippen LogP contribution in [0.2, 0.25) is 0 Å². The van der Waals surface area contributed by atoms with E-state index in [0.717, 1.165) is 30.0 Å². The molecule has 0 aliphatic carbocycles. The predicted octanol–water partition coefficient (Wildman–Crippen LogP) is 0.394. The number of aromatic nitrogens is 1. The standard InChI is InChI=1S/C11H17N3O2/c1-7-10(8(2)16-13-7)5-11(15)14-4-3-9(12)6-14/h9H,3-6,12H2,1-2H3/t9-/m1/s1. The Hall–Kier alpha value is -1.36. The lowest BCUT2D eigenvalue weighted by molar-refractivity contribution is -0.129. The maximum Gasteiger partial charge on any atom is 0.227 e. The average Bonchev–Trinajstić information content (AvgIpc) is 2.79. The zero-order chi connectivity index (χ0) is 11.7. The molecule has 0 spiro atoms. The van der Waals surface area contributed by atoms with E-state index in [9.17, 15) is 4.79 Å². The van der Waals surface area contributed by atoms with Crippen molar-refractivity contribution in [2.75, 3.05) is 13.1 Å². The molecule has 2 heterocycles. The Kier molecular flexibility index (Phi) is 2.96. The van der Waals surface area contributed by atoms with E-state index in [1.54, 1.807) is 0 Å². The van der Waals surface area contributed by atoms with Crippen molar-refractivity contribution >= 4 is 5.91 Å². The highest BCUT2D eigenvalue weighted by atomic mass is 16.5. The summed E-state index contributed by atoms with van der Waals surface area (Å²) in [6, 6.07) is 0.133. The van der Waals surface area contributed by atoms with Crippen molar-refractivity contribution in [1.29, 1.82) is 0 Å². The monoisotopic (exact) mass is 223 g/mol. The van der Waals surface area contributed by atoms with Crippen molar-refractivity contribution in [2.45, 2.75) is 32.7 Å². The van der Waals surface area contributed by atoms with Crippen molar-refractivity contribution in [1.82, 2.24) is 10.1 Å². The number of rotatable bonds is 2. The molecule has 1 aliphatic heterocycles. The number of hydrogen-bond acceptors (Lipinski definition) is 4. The fourth-order valence-corrected chi connectivity index (χ4v) is 2.03. The number of amides is 1. The van der Waals surface area contributed by atoms with Crippen LogP contribution in [0.25, 0.3) is 0 Å². The maximum atomic E-state index is 12.0. The third kappa shape index (κ3) is 2.09. The van der Waals surface area contributed by atoms with E-state index in [1.165, 1.54) is 0 Å². The van der Waals surface area contributed by atoms with Crippen molar-refractivity contribution in [3.05, 3.63) is 17.0 Å². The summed E-state index contributed by atoms with van der Waals surface area (Å²) >= 11 is 0. The highest BCUT2D eigenvalue weighted by molar-refractivity contribution is 5.79. The summed E-state index contributed by atoms with van der Waals surface area (Å²) in [6.07, 6.45) is 1.27. The number of nitrogens with zero attached hydrogens (tertiary/aromatic N) is 2. The third-order valence-corrected chi connectivity index (χ3v) is 3.09. The third-order valence-electron chi connectivity index (χ3n) is 3.09. The molecular formula is C11H17N3O2. The Morgan fingerprint density at radius 1 is 1.62 bits per heavy atom. The number of likely N-dealkylation sites (tertiary alicyclic amines) is 1. The van der Waals surface area contributed by atoms with Gasteiger partial charge >= 0.3 is 0 Å². The van der Waals surface area contributed by atoms with Gasteiger partial charge in [-0.25, -0.2) is 0 Å². The normalized spacial score (nSPS) is 20.4. The molecule has 0 bridgehead atoms. The summed E-state index contributed by atoms with van der Waals surface area (Å²) in [5.41, 5.74) is 7.48. The van der Waals surface area contributed by atoms with Gasteiger partial charge in [0.2, 0.25) is 5.91 Å². The SMILES string of the molecule is Cc1noc(C)c1CC(=O)N1CC[C@@H](N)C1. The molecule has 88 valence electrons. The van der Waals surface area contributed by atoms with E-state index < -0.39 is 0 Å². The Balaban J connectivity index is 2.02. The largest absolute Gasteiger partial charge is 0.361 e. The Morgan fingerprint density at radius 2 is 2.38 bits per heavy atom. The minimum absolute atomic E-state index is 0.113. The lowest BCUT2D eigenvalue weighted by Gasteiger charge is -2.15. The van der Waals surface area contributed by atoms with Crippen LogP contribution in [0.15, 0.2) is 4.52 Å². The molecule has 1 atom stereocenters. The van der Waals surface area contributed by atoms with Crippen LogP contribution < -0.4 is 5.73 Å². The first-order valence-electron chi connectivity index (χ1n) is 5.53. The minimum Gasteiger partial charge on any atom is -0.361 e. The van der Waals surface area contributed by atoms with E-state index in [1.807, 2.05) is 18.7 Å². The second kappa shape index (κ2) is 4.25. The summed E-state index contributed by atoms with van der Waals surface area (Å²) in [5.74, 6) is 0.844. The van der Waals surface area contributed by atoms with Crippen LogP contribution in [0.5, 0.6) is 0 Å². The zero-order valence-electron chi connectivity index (χ0n) is 9.69. The van der Waals surface area contributed by atoms with E-state index in [-0.39, 0.29) is 11.9 Å². The number of carbonyl (C=O) groups is 1. The van der Waals surface area contributed by atoms with Crippen molar-refractivity contribution in [3.8, 4) is 0 Å². The number of carbonyl (C=O) groups excluding carboxylic acids is 1. The molecule has 0 radical (unpaired) electrons. The van der Waals surface area contributed by atoms with Gasteiger partial charge in [-0.2, -0.15) is 0 Å². The molecule has 0 unspecified atom stereocenters. The molecule has 0 saturated carbocycles. The summed E-state index contributed by atoms with van der Waals surface area (Å²) < 4.78 is 5.03. The smallest absolute Gasteiger partial charge is 0.227 e. The van der Waals surface area contributed by atoms with E-state index in [0.29, 0.717) is 13.0 Å². The van der Waals surface area contributed by atoms with Gasteiger partial charge in [0, 0.05) is 24.7 Å². The lowest BCUT2D eigenvalue weighted by Crippen LogP contribution is -2.33. The second-order valence-electron chi connectivity index (χ2n) is 4.37. The fraction of sp³-hybridized carbons (Fsp3) is 0.636. The van der Waals surface area contributed by atoms with Crippen LogP contribution in [0, 0.1) is 13.8 Å². The zero-order valence-corrected chi connectivity index (χ0v) is 9.69. The summed E-state index contributed by atoms with van der Waals surface area (Å²) in [7, 11) is 0. The van der Waals surface area contributed by atoms with Crippen LogP contribution in [0.1, 0.15) is 23.4 Å². The van der Waals surface area contributed by atoms with Crippen molar-refractivity contribution in [2.24, 2.45) is 5.73 Å². The highest BCUT2D eigenvalue weighted by Gasteiger charge is 2.25. The highest BCUT2D eigenvalue weighted by Crippen LogP contribution is 2.16. The van der Waals surface area contributed by atoms with Crippen LogP contribution in [0.4, 0.5) is 0 Å². The molecular weight excluding hydrogens is 206 g/mol. The number of hydrogen-bond donors (Lipinski definition) is 1. The van der Waals surface area contributed by atoms with Gasteiger partial charge in [0.15, 0.2) is 0 Å². The fourth-order valence-electron chi connectivity index (χ4n) is 2.03. The van der Waals surface area contributed by atoms with Gasteiger partial charge in [-0.15, -0.1) is 0 Å². The van der Waals surface area contributed by atoms with Crippen LogP contribution in [-0.2, 0) is 11.2 Å². The molecule has 1 aliphatic rings. The lowest BCUT2D eigenvalue weighted by atomic mass is 10.1. The average molecular weight is 223 g/mol. The Morgan fingerprint density at radius 3 is 2.88 bits per heavy atom. The van der Waals surface area contributed by atoms with Gasteiger partial charge < -0.3 is 15.2 Å². The van der Waals surface area contributed by atoms with Crippen LogP contribution in [0.3, 0.4) is 0 Å². The molecule has 0 aromatic carbocycles. The number of aryl methyl sites for hydroxylation is 2. The van der Waals surface area contributed by atoms with Gasteiger partial charge in [-0.3, -0.25) is 4.79 Å². The van der Waals surface area contributed by atoms with E-state index >= 15 is 0 Å².